The number of hydrogen-bond acceptors (Lipinski definition) is 5. The molecule has 29 heavy (non-hydrogen) atoms. The fourth-order valence-electron chi connectivity index (χ4n) is 3.87. The van der Waals surface area contributed by atoms with Crippen molar-refractivity contribution in [3.8, 4) is 5.75 Å². The van der Waals surface area contributed by atoms with E-state index in [9.17, 15) is 0 Å². The quantitative estimate of drug-likeness (QED) is 0.669. The molecule has 1 aromatic heterocycles. The van der Waals surface area contributed by atoms with Gasteiger partial charge in [0.05, 0.1) is 6.04 Å². The average Bonchev–Trinajstić information content (AvgIpc) is 3.08. The van der Waals surface area contributed by atoms with Crippen molar-refractivity contribution in [1.82, 2.24) is 25.0 Å². The van der Waals surface area contributed by atoms with Gasteiger partial charge in [0.1, 0.15) is 18.2 Å². The molecule has 6 nitrogen and oxygen atoms in total. The van der Waals surface area contributed by atoms with Gasteiger partial charge in [-0.05, 0) is 31.0 Å². The van der Waals surface area contributed by atoms with Gasteiger partial charge in [0.15, 0.2) is 5.82 Å². The zero-order valence-electron chi connectivity index (χ0n) is 17.0. The maximum absolute atomic E-state index is 5.90. The Morgan fingerprint density at radius 2 is 1.76 bits per heavy atom. The van der Waals surface area contributed by atoms with Gasteiger partial charge in [-0.1, -0.05) is 48.5 Å². The molecule has 1 N–H and O–H groups in total. The Labute approximate surface area is 172 Å². The summed E-state index contributed by atoms with van der Waals surface area (Å²) in [5.74, 6) is 2.71. The van der Waals surface area contributed by atoms with E-state index < -0.39 is 0 Å². The lowest BCUT2D eigenvalue weighted by Gasteiger charge is -2.27. The predicted molar refractivity (Wildman–Crippen MR) is 114 cm³/mol. The lowest BCUT2D eigenvalue weighted by atomic mass is 10.1. The summed E-state index contributed by atoms with van der Waals surface area (Å²) in [5.41, 5.74) is 1.32. The molecular weight excluding hydrogens is 362 g/mol. The first-order valence-electron chi connectivity index (χ1n) is 10.3. The standard InChI is InChI=1S/C23H29N5O/c1-19-24-23(26-25-19)22-12-13-27(16-17-29-21-10-6-3-7-11-21)14-15-28(22)18-20-8-4-2-5-9-20/h2-11,22H,12-18H2,1H3,(H,24,25,26). The smallest absolute Gasteiger partial charge is 0.167 e. The molecular formula is C23H29N5O. The van der Waals surface area contributed by atoms with Crippen molar-refractivity contribution in [2.75, 3.05) is 32.8 Å². The van der Waals surface area contributed by atoms with Gasteiger partial charge >= 0.3 is 0 Å². The number of H-pyrrole nitrogens is 1. The summed E-state index contributed by atoms with van der Waals surface area (Å²) in [6.45, 7) is 7.52. The highest BCUT2D eigenvalue weighted by molar-refractivity contribution is 5.20. The number of hydrogen-bond donors (Lipinski definition) is 1. The number of aromatic amines is 1. The molecule has 0 bridgehead atoms. The molecule has 1 unspecified atom stereocenters. The van der Waals surface area contributed by atoms with Crippen LogP contribution in [0.1, 0.15) is 29.7 Å². The minimum Gasteiger partial charge on any atom is -0.492 e. The van der Waals surface area contributed by atoms with E-state index in [2.05, 4.69) is 55.3 Å². The van der Waals surface area contributed by atoms with Crippen LogP contribution in [-0.4, -0.2) is 57.8 Å². The maximum Gasteiger partial charge on any atom is 0.167 e. The topological polar surface area (TPSA) is 57.3 Å². The molecule has 2 aromatic carbocycles. The third-order valence-corrected chi connectivity index (χ3v) is 5.42. The van der Waals surface area contributed by atoms with Crippen LogP contribution >= 0.6 is 0 Å². The molecule has 1 saturated heterocycles. The van der Waals surface area contributed by atoms with E-state index in [-0.39, 0.29) is 6.04 Å². The van der Waals surface area contributed by atoms with Crippen molar-refractivity contribution in [1.29, 1.82) is 0 Å². The second-order valence-corrected chi connectivity index (χ2v) is 7.54. The predicted octanol–water partition coefficient (Wildman–Crippen LogP) is 3.44. The zero-order chi connectivity index (χ0) is 19.9. The van der Waals surface area contributed by atoms with E-state index in [4.69, 9.17) is 4.74 Å². The summed E-state index contributed by atoms with van der Waals surface area (Å²) in [5, 5.41) is 7.49. The summed E-state index contributed by atoms with van der Waals surface area (Å²) >= 11 is 0. The molecule has 152 valence electrons. The third-order valence-electron chi connectivity index (χ3n) is 5.42. The SMILES string of the molecule is Cc1nc(C2CCN(CCOc3ccccc3)CCN2Cc2ccccc2)n[nH]1. The molecule has 3 aromatic rings. The lowest BCUT2D eigenvalue weighted by molar-refractivity contribution is 0.184. The molecule has 1 fully saturated rings. The van der Waals surface area contributed by atoms with Crippen LogP contribution in [0, 0.1) is 6.92 Å². The summed E-state index contributed by atoms with van der Waals surface area (Å²) in [7, 11) is 0. The Balaban J connectivity index is 1.40. The van der Waals surface area contributed by atoms with Crippen molar-refractivity contribution in [2.24, 2.45) is 0 Å². The molecule has 1 aliphatic rings. The first-order valence-corrected chi connectivity index (χ1v) is 10.3. The Kier molecular flexibility index (Phi) is 6.54. The van der Waals surface area contributed by atoms with E-state index >= 15 is 0 Å². The largest absolute Gasteiger partial charge is 0.492 e. The van der Waals surface area contributed by atoms with Crippen LogP contribution < -0.4 is 4.74 Å². The van der Waals surface area contributed by atoms with E-state index in [1.54, 1.807) is 0 Å². The summed E-state index contributed by atoms with van der Waals surface area (Å²) in [4.78, 5) is 9.64. The molecule has 1 atom stereocenters. The first kappa shape index (κ1) is 19.6. The van der Waals surface area contributed by atoms with Crippen LogP contribution in [0.3, 0.4) is 0 Å². The molecule has 0 radical (unpaired) electrons. The van der Waals surface area contributed by atoms with Crippen LogP contribution in [0.2, 0.25) is 0 Å². The number of para-hydroxylation sites is 1. The van der Waals surface area contributed by atoms with Gasteiger partial charge < -0.3 is 4.74 Å². The molecule has 0 amide bonds. The highest BCUT2D eigenvalue weighted by Crippen LogP contribution is 2.26. The highest BCUT2D eigenvalue weighted by atomic mass is 16.5. The second kappa shape index (κ2) is 9.67. The Bertz CT molecular complexity index is 867. The molecule has 0 aliphatic carbocycles. The second-order valence-electron chi connectivity index (χ2n) is 7.54. The van der Waals surface area contributed by atoms with E-state index in [0.717, 1.165) is 56.5 Å². The summed E-state index contributed by atoms with van der Waals surface area (Å²) < 4.78 is 5.90. The minimum absolute atomic E-state index is 0.222. The molecule has 6 heteroatoms. The van der Waals surface area contributed by atoms with Gasteiger partial charge in [0.2, 0.25) is 0 Å². The number of rotatable bonds is 7. The van der Waals surface area contributed by atoms with Gasteiger partial charge in [-0.3, -0.25) is 14.9 Å². The summed E-state index contributed by atoms with van der Waals surface area (Å²) in [6.07, 6.45) is 1.01. The van der Waals surface area contributed by atoms with E-state index in [0.29, 0.717) is 6.61 Å². The van der Waals surface area contributed by atoms with Gasteiger partial charge in [-0.25, -0.2) is 4.98 Å². The Hall–Kier alpha value is -2.70. The van der Waals surface area contributed by atoms with Crippen LogP contribution in [-0.2, 0) is 6.54 Å². The van der Waals surface area contributed by atoms with Crippen molar-refractivity contribution in [3.63, 3.8) is 0 Å². The van der Waals surface area contributed by atoms with Crippen LogP contribution in [0.5, 0.6) is 5.75 Å². The average molecular weight is 392 g/mol. The Morgan fingerprint density at radius 3 is 2.48 bits per heavy atom. The monoisotopic (exact) mass is 391 g/mol. The fraction of sp³-hybridized carbons (Fsp3) is 0.391. The van der Waals surface area contributed by atoms with Crippen molar-refractivity contribution in [2.45, 2.75) is 25.9 Å². The molecule has 0 saturated carbocycles. The van der Waals surface area contributed by atoms with E-state index in [1.165, 1.54) is 5.56 Å². The highest BCUT2D eigenvalue weighted by Gasteiger charge is 2.28. The summed E-state index contributed by atoms with van der Waals surface area (Å²) in [6, 6.07) is 20.9. The third kappa shape index (κ3) is 5.43. The number of nitrogens with one attached hydrogen (secondary N) is 1. The number of aromatic nitrogens is 3. The fourth-order valence-corrected chi connectivity index (χ4v) is 3.87. The molecule has 1 aliphatic heterocycles. The normalized spacial score (nSPS) is 18.4. The number of nitrogens with zero attached hydrogens (tertiary/aromatic N) is 4. The van der Waals surface area contributed by atoms with Crippen molar-refractivity contribution >= 4 is 0 Å². The number of benzene rings is 2. The minimum atomic E-state index is 0.222. The molecule has 0 spiro atoms. The van der Waals surface area contributed by atoms with Crippen molar-refractivity contribution in [3.05, 3.63) is 77.9 Å². The number of aryl methyl sites for hydroxylation is 1. The zero-order valence-corrected chi connectivity index (χ0v) is 17.0. The molecule has 4 rings (SSSR count). The van der Waals surface area contributed by atoms with Gasteiger partial charge in [-0.2, -0.15) is 5.10 Å². The van der Waals surface area contributed by atoms with Crippen LogP contribution in [0.15, 0.2) is 60.7 Å². The van der Waals surface area contributed by atoms with Crippen molar-refractivity contribution < 1.29 is 4.74 Å². The van der Waals surface area contributed by atoms with Gasteiger partial charge in [0.25, 0.3) is 0 Å². The maximum atomic E-state index is 5.90. The lowest BCUT2D eigenvalue weighted by Crippen LogP contribution is -2.34. The van der Waals surface area contributed by atoms with Gasteiger partial charge in [0, 0.05) is 32.7 Å². The Morgan fingerprint density at radius 1 is 1.00 bits per heavy atom. The van der Waals surface area contributed by atoms with Crippen LogP contribution in [0.25, 0.3) is 0 Å². The first-order chi connectivity index (χ1) is 14.3. The number of ether oxygens (including phenoxy) is 1. The molecule has 2 heterocycles. The van der Waals surface area contributed by atoms with Crippen LogP contribution in [0.4, 0.5) is 0 Å². The van der Waals surface area contributed by atoms with E-state index in [1.807, 2.05) is 37.3 Å². The van der Waals surface area contributed by atoms with Gasteiger partial charge in [-0.15, -0.1) is 0 Å².